The molecule has 0 saturated carbocycles. The van der Waals surface area contributed by atoms with Crippen LogP contribution in [0.2, 0.25) is 0 Å². The molecule has 2 rings (SSSR count). The molecule has 0 aliphatic rings. The fraction of sp³-hybridized carbons (Fsp3) is 0.375. The molecular weight excluding hydrogens is 262 g/mol. The molecule has 21 heavy (non-hydrogen) atoms. The number of nitriles is 2. The van der Waals surface area contributed by atoms with Crippen molar-refractivity contribution in [3.05, 3.63) is 35.7 Å². The highest BCUT2D eigenvalue weighted by Gasteiger charge is 2.16. The van der Waals surface area contributed by atoms with E-state index in [1.807, 2.05) is 38.1 Å². The van der Waals surface area contributed by atoms with E-state index in [-0.39, 0.29) is 5.92 Å². The van der Waals surface area contributed by atoms with Gasteiger partial charge >= 0.3 is 0 Å². The van der Waals surface area contributed by atoms with E-state index in [4.69, 9.17) is 5.26 Å². The van der Waals surface area contributed by atoms with Crippen molar-refractivity contribution in [3.63, 3.8) is 0 Å². The van der Waals surface area contributed by atoms with Crippen LogP contribution in [0.4, 0.5) is 0 Å². The molecule has 0 radical (unpaired) electrons. The second kappa shape index (κ2) is 6.67. The predicted molar refractivity (Wildman–Crippen MR) is 78.9 cm³/mol. The number of rotatable bonds is 5. The monoisotopic (exact) mass is 279 g/mol. The standard InChI is InChI=1S/C16H17N5/c1-12-6-3-4-8-15(12)16-19-13(2)20-21(16)11-14(10-18)7-5-9-17/h3-4,6,8,14H,5,7,11H2,1-2H3/t14-/m1/s1. The van der Waals surface area contributed by atoms with Crippen LogP contribution in [0.5, 0.6) is 0 Å². The van der Waals surface area contributed by atoms with Crippen LogP contribution in [0.25, 0.3) is 11.4 Å². The number of benzene rings is 1. The Balaban J connectivity index is 2.32. The van der Waals surface area contributed by atoms with Gasteiger partial charge in [0.05, 0.1) is 24.6 Å². The third kappa shape index (κ3) is 3.46. The van der Waals surface area contributed by atoms with E-state index in [0.29, 0.717) is 25.2 Å². The average Bonchev–Trinajstić information content (AvgIpc) is 2.84. The van der Waals surface area contributed by atoms with Crippen LogP contribution < -0.4 is 0 Å². The second-order valence-corrected chi connectivity index (χ2v) is 5.00. The molecule has 0 saturated heterocycles. The molecule has 1 atom stereocenters. The van der Waals surface area contributed by atoms with Gasteiger partial charge in [0.1, 0.15) is 5.82 Å². The summed E-state index contributed by atoms with van der Waals surface area (Å²) in [7, 11) is 0. The van der Waals surface area contributed by atoms with Gasteiger partial charge in [-0.05, 0) is 25.8 Å². The highest BCUT2D eigenvalue weighted by molar-refractivity contribution is 5.59. The van der Waals surface area contributed by atoms with Crippen LogP contribution in [0.3, 0.4) is 0 Å². The van der Waals surface area contributed by atoms with Crippen LogP contribution in [-0.4, -0.2) is 14.8 Å². The first-order valence-corrected chi connectivity index (χ1v) is 6.89. The van der Waals surface area contributed by atoms with E-state index in [1.165, 1.54) is 0 Å². The lowest BCUT2D eigenvalue weighted by atomic mass is 10.0. The lowest BCUT2D eigenvalue weighted by Crippen LogP contribution is -2.12. The fourth-order valence-corrected chi connectivity index (χ4v) is 2.25. The normalized spacial score (nSPS) is 11.6. The molecule has 0 N–H and O–H groups in total. The summed E-state index contributed by atoms with van der Waals surface area (Å²) < 4.78 is 1.78. The van der Waals surface area contributed by atoms with Gasteiger partial charge < -0.3 is 0 Å². The Hall–Kier alpha value is -2.66. The molecule has 106 valence electrons. The molecule has 5 heteroatoms. The number of hydrogen-bond donors (Lipinski definition) is 0. The van der Waals surface area contributed by atoms with Crippen LogP contribution in [0.15, 0.2) is 24.3 Å². The van der Waals surface area contributed by atoms with Crippen LogP contribution in [0, 0.1) is 42.4 Å². The van der Waals surface area contributed by atoms with Gasteiger partial charge in [0.15, 0.2) is 5.82 Å². The molecule has 0 fully saturated rings. The summed E-state index contributed by atoms with van der Waals surface area (Å²) >= 11 is 0. The first-order chi connectivity index (χ1) is 10.2. The van der Waals surface area contributed by atoms with Crippen molar-refractivity contribution in [2.75, 3.05) is 0 Å². The third-order valence-corrected chi connectivity index (χ3v) is 3.34. The third-order valence-electron chi connectivity index (χ3n) is 3.34. The smallest absolute Gasteiger partial charge is 0.158 e. The Labute approximate surface area is 124 Å². The second-order valence-electron chi connectivity index (χ2n) is 5.00. The Kier molecular flexibility index (Phi) is 4.68. The highest BCUT2D eigenvalue weighted by Crippen LogP contribution is 2.22. The Bertz CT molecular complexity index is 702. The largest absolute Gasteiger partial charge is 0.244 e. The molecule has 1 heterocycles. The summed E-state index contributed by atoms with van der Waals surface area (Å²) in [4.78, 5) is 4.49. The Morgan fingerprint density at radius 1 is 1.24 bits per heavy atom. The number of nitrogens with zero attached hydrogens (tertiary/aromatic N) is 5. The van der Waals surface area contributed by atoms with Gasteiger partial charge in [0.25, 0.3) is 0 Å². The van der Waals surface area contributed by atoms with Crippen molar-refractivity contribution in [1.82, 2.24) is 14.8 Å². The number of aryl methyl sites for hydroxylation is 2. The molecule has 0 aliphatic carbocycles. The molecule has 0 amide bonds. The molecule has 0 spiro atoms. The zero-order valence-corrected chi connectivity index (χ0v) is 12.2. The van der Waals surface area contributed by atoms with Gasteiger partial charge in [-0.25, -0.2) is 9.67 Å². The molecule has 2 aromatic rings. The summed E-state index contributed by atoms with van der Waals surface area (Å²) in [6.07, 6.45) is 0.935. The molecule has 1 aromatic carbocycles. The van der Waals surface area contributed by atoms with Gasteiger partial charge in [0, 0.05) is 12.0 Å². The molecule has 0 aliphatic heterocycles. The first kappa shape index (κ1) is 14.7. The van der Waals surface area contributed by atoms with Crippen molar-refractivity contribution in [1.29, 1.82) is 10.5 Å². The topological polar surface area (TPSA) is 78.3 Å². The minimum absolute atomic E-state index is 0.228. The maximum atomic E-state index is 9.22. The maximum Gasteiger partial charge on any atom is 0.158 e. The van der Waals surface area contributed by atoms with E-state index in [1.54, 1.807) is 4.68 Å². The quantitative estimate of drug-likeness (QED) is 0.842. The molecule has 5 nitrogen and oxygen atoms in total. The van der Waals surface area contributed by atoms with Crippen LogP contribution in [0.1, 0.15) is 24.2 Å². The summed E-state index contributed by atoms with van der Waals surface area (Å²) in [5.41, 5.74) is 2.15. The van der Waals surface area contributed by atoms with E-state index in [9.17, 15) is 5.26 Å². The molecule has 1 aromatic heterocycles. The SMILES string of the molecule is Cc1nc(-c2ccccc2C)n(C[C@@H](C#N)CCC#N)n1. The lowest BCUT2D eigenvalue weighted by molar-refractivity contribution is 0.477. The first-order valence-electron chi connectivity index (χ1n) is 6.89. The minimum Gasteiger partial charge on any atom is -0.244 e. The van der Waals surface area contributed by atoms with E-state index in [0.717, 1.165) is 17.0 Å². The van der Waals surface area contributed by atoms with Gasteiger partial charge in [-0.1, -0.05) is 24.3 Å². The summed E-state index contributed by atoms with van der Waals surface area (Å²) in [6.45, 7) is 4.33. The number of aromatic nitrogens is 3. The lowest BCUT2D eigenvalue weighted by Gasteiger charge is -2.11. The molecule has 0 unspecified atom stereocenters. The highest BCUT2D eigenvalue weighted by atomic mass is 15.3. The van der Waals surface area contributed by atoms with Crippen LogP contribution in [-0.2, 0) is 6.54 Å². The zero-order chi connectivity index (χ0) is 15.2. The average molecular weight is 279 g/mol. The van der Waals surface area contributed by atoms with Gasteiger partial charge in [0.2, 0.25) is 0 Å². The van der Waals surface area contributed by atoms with Crippen LogP contribution >= 0.6 is 0 Å². The van der Waals surface area contributed by atoms with Crippen molar-refractivity contribution >= 4 is 0 Å². The van der Waals surface area contributed by atoms with E-state index < -0.39 is 0 Å². The van der Waals surface area contributed by atoms with E-state index >= 15 is 0 Å². The van der Waals surface area contributed by atoms with Crippen molar-refractivity contribution < 1.29 is 0 Å². The van der Waals surface area contributed by atoms with Crippen molar-refractivity contribution in [2.45, 2.75) is 33.2 Å². The number of hydrogen-bond acceptors (Lipinski definition) is 4. The van der Waals surface area contributed by atoms with Gasteiger partial charge in [-0.3, -0.25) is 0 Å². The van der Waals surface area contributed by atoms with Gasteiger partial charge in [-0.2, -0.15) is 15.6 Å². The molecular formula is C16H17N5. The Morgan fingerprint density at radius 3 is 2.67 bits per heavy atom. The van der Waals surface area contributed by atoms with E-state index in [2.05, 4.69) is 22.2 Å². The van der Waals surface area contributed by atoms with Crippen molar-refractivity contribution in [3.8, 4) is 23.5 Å². The van der Waals surface area contributed by atoms with Crippen molar-refractivity contribution in [2.24, 2.45) is 5.92 Å². The molecule has 0 bridgehead atoms. The Morgan fingerprint density at radius 2 is 2.00 bits per heavy atom. The summed E-state index contributed by atoms with van der Waals surface area (Å²) in [6, 6.07) is 12.3. The minimum atomic E-state index is -0.228. The van der Waals surface area contributed by atoms with Gasteiger partial charge in [-0.15, -0.1) is 0 Å². The predicted octanol–water partition coefficient (Wildman–Crippen LogP) is 3.01. The zero-order valence-electron chi connectivity index (χ0n) is 12.2. The maximum absolute atomic E-state index is 9.22. The fourth-order valence-electron chi connectivity index (χ4n) is 2.25. The summed E-state index contributed by atoms with van der Waals surface area (Å²) in [5.74, 6) is 1.24. The summed E-state index contributed by atoms with van der Waals surface area (Å²) in [5, 5.41) is 22.3.